The Morgan fingerprint density at radius 3 is 2.50 bits per heavy atom. The van der Waals surface area contributed by atoms with E-state index < -0.39 is 6.04 Å². The summed E-state index contributed by atoms with van der Waals surface area (Å²) in [5.41, 5.74) is 2.37. The fourth-order valence-corrected chi connectivity index (χ4v) is 3.04. The molecule has 0 bridgehead atoms. The first-order chi connectivity index (χ1) is 12.6. The Bertz CT molecular complexity index is 857. The van der Waals surface area contributed by atoms with Crippen LogP contribution in [0.5, 0.6) is 0 Å². The van der Waals surface area contributed by atoms with Gasteiger partial charge in [0.2, 0.25) is 0 Å². The molecule has 1 atom stereocenters. The maximum Gasteiger partial charge on any atom is 0.322 e. The number of allylic oxidation sites excluding steroid dienone is 1. The van der Waals surface area contributed by atoms with Gasteiger partial charge in [0.1, 0.15) is 0 Å². The lowest BCUT2D eigenvalue weighted by molar-refractivity contribution is -0.111. The smallest absolute Gasteiger partial charge is 0.322 e. The number of nitrogens with zero attached hydrogens (tertiary/aromatic N) is 1. The van der Waals surface area contributed by atoms with Gasteiger partial charge in [0.15, 0.2) is 5.78 Å². The molecule has 0 saturated carbocycles. The minimum Gasteiger partial charge on any atom is -0.327 e. The lowest BCUT2D eigenvalue weighted by atomic mass is 9.94. The summed E-state index contributed by atoms with van der Waals surface area (Å²) >= 11 is 3.40. The number of carbonyl (C=O) groups is 2. The monoisotopic (exact) mass is 410 g/mol. The number of halogens is 1. The SMILES string of the molecule is CCN1C=C(C(=O)/C=C/c2ccc(Br)cc2)[C@@H](c2ccccc2)NC1=O. The van der Waals surface area contributed by atoms with Crippen LogP contribution < -0.4 is 5.32 Å². The van der Waals surface area contributed by atoms with Gasteiger partial charge in [0.05, 0.1) is 6.04 Å². The highest BCUT2D eigenvalue weighted by Gasteiger charge is 2.30. The molecule has 2 aromatic rings. The number of hydrogen-bond acceptors (Lipinski definition) is 2. The quantitative estimate of drug-likeness (QED) is 0.725. The molecule has 0 fully saturated rings. The third-order valence-electron chi connectivity index (χ3n) is 4.19. The van der Waals surface area contributed by atoms with Gasteiger partial charge in [-0.05, 0) is 36.3 Å². The summed E-state index contributed by atoms with van der Waals surface area (Å²) in [4.78, 5) is 26.6. The average Bonchev–Trinajstić information content (AvgIpc) is 2.67. The maximum atomic E-state index is 12.8. The first-order valence-electron chi connectivity index (χ1n) is 8.40. The van der Waals surface area contributed by atoms with Gasteiger partial charge < -0.3 is 10.2 Å². The molecule has 2 amide bonds. The molecular weight excluding hydrogens is 392 g/mol. The summed E-state index contributed by atoms with van der Waals surface area (Å²) in [6, 6.07) is 16.6. The molecule has 5 heteroatoms. The standard InChI is InChI=1S/C21H19BrN2O2/c1-2-24-14-18(19(25)13-10-15-8-11-17(22)12-9-15)20(23-21(24)26)16-6-4-3-5-7-16/h3-14,20H,2H2,1H3,(H,23,26)/b13-10+/t20-/m1/s1. The van der Waals surface area contributed by atoms with Gasteiger partial charge in [-0.3, -0.25) is 4.79 Å². The first-order valence-corrected chi connectivity index (χ1v) is 9.19. The van der Waals surface area contributed by atoms with Crippen molar-refractivity contribution >= 4 is 33.8 Å². The largest absolute Gasteiger partial charge is 0.327 e. The molecule has 4 nitrogen and oxygen atoms in total. The van der Waals surface area contributed by atoms with Crippen LogP contribution in [0.2, 0.25) is 0 Å². The van der Waals surface area contributed by atoms with Crippen molar-refractivity contribution in [3.63, 3.8) is 0 Å². The number of urea groups is 1. The molecule has 2 aromatic carbocycles. The van der Waals surface area contributed by atoms with Crippen molar-refractivity contribution < 1.29 is 9.59 Å². The van der Waals surface area contributed by atoms with Gasteiger partial charge in [-0.1, -0.05) is 64.5 Å². The Hall–Kier alpha value is -2.66. The number of carbonyl (C=O) groups excluding carboxylic acids is 2. The van der Waals surface area contributed by atoms with Gasteiger partial charge in [-0.25, -0.2) is 4.79 Å². The van der Waals surface area contributed by atoms with Gasteiger partial charge in [-0.2, -0.15) is 0 Å². The van der Waals surface area contributed by atoms with E-state index in [1.54, 1.807) is 18.4 Å². The normalized spacial score (nSPS) is 17.2. The lowest BCUT2D eigenvalue weighted by Crippen LogP contribution is -2.44. The molecule has 1 heterocycles. The van der Waals surface area contributed by atoms with Crippen LogP contribution in [-0.2, 0) is 4.79 Å². The lowest BCUT2D eigenvalue weighted by Gasteiger charge is -2.31. The Morgan fingerprint density at radius 2 is 1.85 bits per heavy atom. The van der Waals surface area contributed by atoms with Crippen molar-refractivity contribution in [2.24, 2.45) is 0 Å². The molecule has 1 aliphatic rings. The number of nitrogens with one attached hydrogen (secondary N) is 1. The summed E-state index contributed by atoms with van der Waals surface area (Å²) in [5, 5.41) is 2.93. The zero-order valence-electron chi connectivity index (χ0n) is 14.4. The first kappa shape index (κ1) is 18.1. The molecule has 26 heavy (non-hydrogen) atoms. The Kier molecular flexibility index (Phi) is 5.68. The van der Waals surface area contributed by atoms with Crippen molar-refractivity contribution in [3.8, 4) is 0 Å². The predicted molar refractivity (Wildman–Crippen MR) is 106 cm³/mol. The summed E-state index contributed by atoms with van der Waals surface area (Å²) in [6.45, 7) is 2.37. The summed E-state index contributed by atoms with van der Waals surface area (Å²) in [7, 11) is 0. The molecular formula is C21H19BrN2O2. The number of hydrogen-bond donors (Lipinski definition) is 1. The van der Waals surface area contributed by atoms with E-state index in [4.69, 9.17) is 0 Å². The highest BCUT2D eigenvalue weighted by molar-refractivity contribution is 9.10. The molecule has 3 rings (SSSR count). The van der Waals surface area contributed by atoms with Gasteiger partial charge in [-0.15, -0.1) is 0 Å². The van der Waals surface area contributed by atoms with E-state index in [1.807, 2.05) is 61.5 Å². The van der Waals surface area contributed by atoms with Crippen molar-refractivity contribution in [1.82, 2.24) is 10.2 Å². The fraction of sp³-hybridized carbons (Fsp3) is 0.143. The zero-order chi connectivity index (χ0) is 18.5. The molecule has 0 unspecified atom stereocenters. The van der Waals surface area contributed by atoms with Crippen molar-refractivity contribution in [2.45, 2.75) is 13.0 Å². The molecule has 0 aliphatic carbocycles. The van der Waals surface area contributed by atoms with Crippen LogP contribution in [0, 0.1) is 0 Å². The van der Waals surface area contributed by atoms with Crippen LogP contribution in [0.1, 0.15) is 24.1 Å². The predicted octanol–water partition coefficient (Wildman–Crippen LogP) is 4.70. The molecule has 1 N–H and O–H groups in total. The van der Waals surface area contributed by atoms with E-state index in [0.29, 0.717) is 12.1 Å². The molecule has 1 aliphatic heterocycles. The third-order valence-corrected chi connectivity index (χ3v) is 4.72. The van der Waals surface area contributed by atoms with E-state index in [-0.39, 0.29) is 11.8 Å². The van der Waals surface area contributed by atoms with E-state index >= 15 is 0 Å². The Labute approximate surface area is 161 Å². The van der Waals surface area contributed by atoms with Crippen LogP contribution in [0.3, 0.4) is 0 Å². The Balaban J connectivity index is 1.90. The second kappa shape index (κ2) is 8.15. The van der Waals surface area contributed by atoms with Gasteiger partial charge in [0, 0.05) is 22.8 Å². The van der Waals surface area contributed by atoms with Crippen LogP contribution in [0.25, 0.3) is 6.08 Å². The van der Waals surface area contributed by atoms with Gasteiger partial charge in [0.25, 0.3) is 0 Å². The molecule has 0 radical (unpaired) electrons. The number of benzene rings is 2. The van der Waals surface area contributed by atoms with E-state index in [2.05, 4.69) is 21.2 Å². The van der Waals surface area contributed by atoms with Gasteiger partial charge >= 0.3 is 6.03 Å². The second-order valence-corrected chi connectivity index (χ2v) is 6.83. The highest BCUT2D eigenvalue weighted by atomic mass is 79.9. The van der Waals surface area contributed by atoms with E-state index in [0.717, 1.165) is 15.6 Å². The molecule has 0 aromatic heterocycles. The zero-order valence-corrected chi connectivity index (χ0v) is 15.9. The summed E-state index contributed by atoms with van der Waals surface area (Å²) in [5.74, 6) is -0.125. The van der Waals surface area contributed by atoms with Crippen LogP contribution in [0.4, 0.5) is 4.79 Å². The minimum atomic E-state index is -0.450. The van der Waals surface area contributed by atoms with E-state index in [9.17, 15) is 9.59 Å². The molecule has 0 saturated heterocycles. The van der Waals surface area contributed by atoms with Crippen molar-refractivity contribution in [3.05, 3.63) is 88.0 Å². The second-order valence-electron chi connectivity index (χ2n) is 5.91. The summed E-state index contributed by atoms with van der Waals surface area (Å²) in [6.07, 6.45) is 4.99. The number of amides is 2. The number of ketones is 1. The molecule has 132 valence electrons. The van der Waals surface area contributed by atoms with E-state index in [1.165, 1.54) is 4.90 Å². The fourth-order valence-electron chi connectivity index (χ4n) is 2.78. The minimum absolute atomic E-state index is 0.125. The van der Waals surface area contributed by atoms with Crippen LogP contribution in [-0.4, -0.2) is 23.3 Å². The topological polar surface area (TPSA) is 49.4 Å². The average molecular weight is 411 g/mol. The van der Waals surface area contributed by atoms with Crippen molar-refractivity contribution in [2.75, 3.05) is 6.54 Å². The molecule has 0 spiro atoms. The maximum absolute atomic E-state index is 12.8. The Morgan fingerprint density at radius 1 is 1.15 bits per heavy atom. The van der Waals surface area contributed by atoms with Crippen molar-refractivity contribution in [1.29, 1.82) is 0 Å². The summed E-state index contributed by atoms with van der Waals surface area (Å²) < 4.78 is 0.987. The highest BCUT2D eigenvalue weighted by Crippen LogP contribution is 2.27. The van der Waals surface area contributed by atoms with Crippen LogP contribution in [0.15, 0.2) is 76.9 Å². The van der Waals surface area contributed by atoms with Crippen LogP contribution >= 0.6 is 15.9 Å². The number of rotatable bonds is 5. The third kappa shape index (κ3) is 4.11.